The third-order valence-corrected chi connectivity index (χ3v) is 8.20. The van der Waals surface area contributed by atoms with Crippen molar-refractivity contribution in [1.82, 2.24) is 4.72 Å². The number of amides is 4. The molecule has 1 unspecified atom stereocenters. The molecule has 1 aliphatic heterocycles. The number of thiophene rings is 1. The fraction of sp³-hybridized carbons (Fsp3) is 0.143. The van der Waals surface area contributed by atoms with Gasteiger partial charge in [-0.3, -0.25) is 4.90 Å². The van der Waals surface area contributed by atoms with Gasteiger partial charge in [-0.25, -0.2) is 27.1 Å². The van der Waals surface area contributed by atoms with E-state index in [9.17, 15) is 22.4 Å². The molecule has 2 heterocycles. The summed E-state index contributed by atoms with van der Waals surface area (Å²) in [6.45, 7) is 1.78. The van der Waals surface area contributed by atoms with Gasteiger partial charge in [-0.05, 0) is 55.5 Å². The molecule has 34 heavy (non-hydrogen) atoms. The molecule has 0 saturated heterocycles. The highest BCUT2D eigenvalue weighted by atomic mass is 35.5. The molecule has 0 fully saturated rings. The van der Waals surface area contributed by atoms with Crippen LogP contribution in [-0.4, -0.2) is 27.5 Å². The molecule has 0 radical (unpaired) electrons. The van der Waals surface area contributed by atoms with Gasteiger partial charge in [0.25, 0.3) is 10.0 Å². The first-order valence-corrected chi connectivity index (χ1v) is 12.6. The fourth-order valence-electron chi connectivity index (χ4n) is 3.54. The molecule has 9 nitrogen and oxygen atoms in total. The van der Waals surface area contributed by atoms with Crippen LogP contribution in [0.2, 0.25) is 4.34 Å². The second-order valence-electron chi connectivity index (χ2n) is 7.31. The summed E-state index contributed by atoms with van der Waals surface area (Å²) in [4.78, 5) is 26.4. The van der Waals surface area contributed by atoms with E-state index in [-0.39, 0.29) is 14.2 Å². The number of sulfonamides is 1. The van der Waals surface area contributed by atoms with E-state index in [1.807, 2.05) is 4.72 Å². The molecule has 4 amide bonds. The minimum Gasteiger partial charge on any atom is -0.386 e. The molecule has 178 valence electrons. The number of carbonyl (C=O) groups excluding carboxylic acids is 2. The lowest BCUT2D eigenvalue weighted by atomic mass is 10.0. The van der Waals surface area contributed by atoms with Crippen molar-refractivity contribution in [1.29, 1.82) is 0 Å². The van der Waals surface area contributed by atoms with Crippen LogP contribution in [0.1, 0.15) is 18.5 Å². The van der Waals surface area contributed by atoms with Gasteiger partial charge in [0.2, 0.25) is 0 Å². The van der Waals surface area contributed by atoms with Gasteiger partial charge < -0.3 is 16.0 Å². The topological polar surface area (TPSA) is 120 Å². The van der Waals surface area contributed by atoms with Crippen molar-refractivity contribution in [3.63, 3.8) is 0 Å². The third-order valence-electron chi connectivity index (χ3n) is 5.15. The van der Waals surface area contributed by atoms with Crippen molar-refractivity contribution in [3.8, 4) is 0 Å². The maximum Gasteiger partial charge on any atom is 0.333 e. The number of hydrogen-bond acceptors (Lipinski definition) is 6. The highest BCUT2D eigenvalue weighted by molar-refractivity contribution is 7.92. The Morgan fingerprint density at radius 3 is 2.50 bits per heavy atom. The zero-order valence-corrected chi connectivity index (χ0v) is 20.2. The van der Waals surface area contributed by atoms with E-state index in [1.165, 1.54) is 35.2 Å². The molecule has 0 bridgehead atoms. The minimum absolute atomic E-state index is 0.0911. The Kier molecular flexibility index (Phi) is 6.39. The summed E-state index contributed by atoms with van der Waals surface area (Å²) in [5.41, 5.74) is 2.20. The molecule has 0 aliphatic carbocycles. The number of hydrogen-bond donors (Lipinski definition) is 4. The number of benzene rings is 2. The van der Waals surface area contributed by atoms with Crippen LogP contribution in [0.4, 0.5) is 36.7 Å². The first-order chi connectivity index (χ1) is 16.1. The van der Waals surface area contributed by atoms with Crippen molar-refractivity contribution in [2.45, 2.75) is 17.2 Å². The number of nitrogens with zero attached hydrogens (tertiary/aromatic N) is 1. The van der Waals surface area contributed by atoms with E-state index in [1.54, 1.807) is 32.2 Å². The molecule has 0 saturated carbocycles. The SMILES string of the molecule is CNc1cc2c(cc1F)C(C)N(c1ccc(NC(=O)NS(=O)(=O)c3ccc(Cl)s3)cc1)C(=O)N2. The number of fused-ring (bicyclic) bond motifs is 1. The van der Waals surface area contributed by atoms with Crippen LogP contribution in [0.3, 0.4) is 0 Å². The molecule has 1 aliphatic rings. The first kappa shape index (κ1) is 23.8. The lowest BCUT2D eigenvalue weighted by Gasteiger charge is -2.35. The Labute approximate surface area is 204 Å². The van der Waals surface area contributed by atoms with Gasteiger partial charge >= 0.3 is 12.1 Å². The molecular formula is C21H19ClFN5O4S2. The van der Waals surface area contributed by atoms with E-state index in [2.05, 4.69) is 16.0 Å². The lowest BCUT2D eigenvalue weighted by molar-refractivity contribution is 0.254. The standard InChI is InChI=1S/C21H19ClFN5O4S2/c1-11-14-9-15(23)17(24-2)10-16(14)26-21(30)28(11)13-5-3-12(4-6-13)25-20(29)27-34(31,32)19-8-7-18(22)33-19/h3-11,24H,1-2H3,(H,26,30)(H2,25,27,29). The zero-order chi connectivity index (χ0) is 24.6. The van der Waals surface area contributed by atoms with Gasteiger partial charge in [-0.1, -0.05) is 11.6 Å². The molecular weight excluding hydrogens is 505 g/mol. The Morgan fingerprint density at radius 2 is 1.88 bits per heavy atom. The average Bonchev–Trinajstić information content (AvgIpc) is 3.22. The van der Waals surface area contributed by atoms with Gasteiger partial charge in [0.05, 0.1) is 16.1 Å². The predicted octanol–water partition coefficient (Wildman–Crippen LogP) is 5.21. The van der Waals surface area contributed by atoms with Crippen molar-refractivity contribution in [3.05, 3.63) is 64.2 Å². The van der Waals surface area contributed by atoms with E-state index < -0.39 is 33.9 Å². The Morgan fingerprint density at radius 1 is 1.18 bits per heavy atom. The molecule has 1 atom stereocenters. The van der Waals surface area contributed by atoms with Gasteiger partial charge in [-0.15, -0.1) is 11.3 Å². The largest absolute Gasteiger partial charge is 0.386 e. The maximum absolute atomic E-state index is 14.3. The van der Waals surface area contributed by atoms with E-state index in [0.29, 0.717) is 22.6 Å². The van der Waals surface area contributed by atoms with Gasteiger partial charge in [0, 0.05) is 29.7 Å². The molecule has 4 rings (SSSR count). The van der Waals surface area contributed by atoms with E-state index in [4.69, 9.17) is 11.6 Å². The minimum atomic E-state index is -4.06. The summed E-state index contributed by atoms with van der Waals surface area (Å²) in [6.07, 6.45) is 0. The van der Waals surface area contributed by atoms with Crippen LogP contribution >= 0.6 is 22.9 Å². The summed E-state index contributed by atoms with van der Waals surface area (Å²) in [6, 6.07) is 10.0. The van der Waals surface area contributed by atoms with Gasteiger partial charge in [0.15, 0.2) is 0 Å². The summed E-state index contributed by atoms with van der Waals surface area (Å²) in [7, 11) is -2.47. The number of halogens is 2. The Balaban J connectivity index is 1.48. The van der Waals surface area contributed by atoms with Gasteiger partial charge in [0.1, 0.15) is 10.0 Å². The summed E-state index contributed by atoms with van der Waals surface area (Å²) in [5.74, 6) is -0.436. The van der Waals surface area contributed by atoms with E-state index in [0.717, 1.165) is 11.3 Å². The molecule has 2 aromatic carbocycles. The number of nitrogens with one attached hydrogen (secondary N) is 4. The first-order valence-electron chi connectivity index (χ1n) is 9.89. The summed E-state index contributed by atoms with van der Waals surface area (Å²) < 4.78 is 40.9. The molecule has 4 N–H and O–H groups in total. The third kappa shape index (κ3) is 4.65. The highest BCUT2D eigenvalue weighted by Gasteiger charge is 2.31. The maximum atomic E-state index is 14.3. The van der Waals surface area contributed by atoms with Crippen molar-refractivity contribution >= 4 is 67.8 Å². The Hall–Kier alpha value is -3.35. The second kappa shape index (κ2) is 9.12. The van der Waals surface area contributed by atoms with Crippen LogP contribution in [-0.2, 0) is 10.0 Å². The summed E-state index contributed by atoms with van der Waals surface area (Å²) >= 11 is 6.58. The van der Waals surface area contributed by atoms with Crippen molar-refractivity contribution in [2.24, 2.45) is 0 Å². The molecule has 1 aromatic heterocycles. The number of urea groups is 2. The van der Waals surface area contributed by atoms with Gasteiger partial charge in [-0.2, -0.15) is 0 Å². The quantitative estimate of drug-likeness (QED) is 0.366. The molecule has 13 heteroatoms. The average molecular weight is 524 g/mol. The number of anilines is 4. The van der Waals surface area contributed by atoms with Crippen molar-refractivity contribution in [2.75, 3.05) is 27.9 Å². The highest BCUT2D eigenvalue weighted by Crippen LogP contribution is 2.38. The van der Waals surface area contributed by atoms with Crippen LogP contribution in [0.5, 0.6) is 0 Å². The zero-order valence-electron chi connectivity index (χ0n) is 17.8. The second-order valence-corrected chi connectivity index (χ2v) is 10.9. The van der Waals surface area contributed by atoms with Crippen LogP contribution in [0.25, 0.3) is 0 Å². The monoisotopic (exact) mass is 523 g/mol. The smallest absolute Gasteiger partial charge is 0.333 e. The Bertz CT molecular complexity index is 1380. The fourth-order valence-corrected chi connectivity index (χ4v) is 5.93. The lowest BCUT2D eigenvalue weighted by Crippen LogP contribution is -2.41. The molecule has 3 aromatic rings. The van der Waals surface area contributed by atoms with E-state index >= 15 is 0 Å². The van der Waals surface area contributed by atoms with Crippen molar-refractivity contribution < 1.29 is 22.4 Å². The van der Waals surface area contributed by atoms with Crippen LogP contribution in [0.15, 0.2) is 52.7 Å². The number of carbonyl (C=O) groups is 2. The molecule has 0 spiro atoms. The summed E-state index contributed by atoms with van der Waals surface area (Å²) in [5, 5.41) is 7.93. The van der Waals surface area contributed by atoms with Crippen LogP contribution < -0.4 is 25.6 Å². The van der Waals surface area contributed by atoms with Crippen LogP contribution in [0, 0.1) is 5.82 Å². The normalized spacial score (nSPS) is 15.4. The predicted molar refractivity (Wildman–Crippen MR) is 131 cm³/mol. The number of rotatable bonds is 5.